The number of aromatic nitrogens is 1. The highest BCUT2D eigenvalue weighted by Gasteiger charge is 2.32. The van der Waals surface area contributed by atoms with Crippen molar-refractivity contribution in [3.63, 3.8) is 0 Å². The van der Waals surface area contributed by atoms with Crippen molar-refractivity contribution in [2.75, 3.05) is 0 Å². The van der Waals surface area contributed by atoms with Gasteiger partial charge >= 0.3 is 0 Å². The zero-order valence-electron chi connectivity index (χ0n) is 10.6. The van der Waals surface area contributed by atoms with Gasteiger partial charge in [0.1, 0.15) is 9.88 Å². The molecular weight excluding hydrogens is 258 g/mol. The first-order chi connectivity index (χ1) is 9.20. The summed E-state index contributed by atoms with van der Waals surface area (Å²) in [5.74, 6) is 5.45. The maximum Gasteiger partial charge on any atom is 0.277 e. The van der Waals surface area contributed by atoms with E-state index in [4.69, 9.17) is 5.84 Å². The molecule has 1 aromatic carbocycles. The molecule has 0 saturated heterocycles. The summed E-state index contributed by atoms with van der Waals surface area (Å²) in [5.41, 5.74) is 5.38. The highest BCUT2D eigenvalue weighted by atomic mass is 32.1. The van der Waals surface area contributed by atoms with Crippen molar-refractivity contribution in [1.82, 2.24) is 10.4 Å². The van der Waals surface area contributed by atoms with Crippen LogP contribution in [0.15, 0.2) is 24.3 Å². The number of carbonyl (C=O) groups excluding carboxylic acids is 1. The normalized spacial score (nSPS) is 14.4. The molecule has 0 atom stereocenters. The molecule has 2 aromatic rings. The predicted octanol–water partition coefficient (Wildman–Crippen LogP) is 2.60. The molecule has 4 nitrogen and oxygen atoms in total. The summed E-state index contributed by atoms with van der Waals surface area (Å²) in [6.45, 7) is 2.05. The number of hydrogen-bond donors (Lipinski definition) is 2. The van der Waals surface area contributed by atoms with E-state index in [2.05, 4.69) is 23.4 Å². The standard InChI is InChI=1S/C14H15N3OS/c1-8-4-2-3-5-10(8)14-16-11(9-6-7-9)12(19-14)13(18)17-15/h2-5,9H,6-7,15H2,1H3,(H,17,18). The number of rotatable bonds is 3. The number of hydrazine groups is 1. The van der Waals surface area contributed by atoms with Gasteiger partial charge in [-0.1, -0.05) is 24.3 Å². The number of nitrogens with two attached hydrogens (primary N) is 1. The predicted molar refractivity (Wildman–Crippen MR) is 75.9 cm³/mol. The molecule has 1 heterocycles. The lowest BCUT2D eigenvalue weighted by Crippen LogP contribution is -2.30. The molecule has 1 saturated carbocycles. The van der Waals surface area contributed by atoms with Gasteiger partial charge in [0.05, 0.1) is 5.69 Å². The highest BCUT2D eigenvalue weighted by Crippen LogP contribution is 2.44. The van der Waals surface area contributed by atoms with Crippen molar-refractivity contribution in [1.29, 1.82) is 0 Å². The Morgan fingerprint density at radius 3 is 2.79 bits per heavy atom. The lowest BCUT2D eigenvalue weighted by molar-refractivity contribution is 0.0956. The van der Waals surface area contributed by atoms with Crippen molar-refractivity contribution in [3.8, 4) is 10.6 Å². The molecule has 0 unspecified atom stereocenters. The maximum atomic E-state index is 11.8. The highest BCUT2D eigenvalue weighted by molar-refractivity contribution is 7.17. The SMILES string of the molecule is Cc1ccccc1-c1nc(C2CC2)c(C(=O)NN)s1. The summed E-state index contributed by atoms with van der Waals surface area (Å²) in [5, 5.41) is 0.901. The van der Waals surface area contributed by atoms with Crippen molar-refractivity contribution >= 4 is 17.2 Å². The first kappa shape index (κ1) is 12.3. The van der Waals surface area contributed by atoms with E-state index in [1.165, 1.54) is 16.9 Å². The van der Waals surface area contributed by atoms with E-state index < -0.39 is 0 Å². The van der Waals surface area contributed by atoms with Gasteiger partial charge in [-0.2, -0.15) is 0 Å². The fourth-order valence-corrected chi connectivity index (χ4v) is 3.27. The molecule has 19 heavy (non-hydrogen) atoms. The van der Waals surface area contributed by atoms with Crippen molar-refractivity contribution < 1.29 is 4.79 Å². The van der Waals surface area contributed by atoms with Crippen molar-refractivity contribution in [3.05, 3.63) is 40.4 Å². The fourth-order valence-electron chi connectivity index (χ4n) is 2.12. The van der Waals surface area contributed by atoms with E-state index in [9.17, 15) is 4.79 Å². The zero-order chi connectivity index (χ0) is 13.4. The Hall–Kier alpha value is -1.72. The average molecular weight is 273 g/mol. The summed E-state index contributed by atoms with van der Waals surface area (Å²) in [7, 11) is 0. The third kappa shape index (κ3) is 2.27. The van der Waals surface area contributed by atoms with Gasteiger partial charge in [-0.25, -0.2) is 10.8 Å². The lowest BCUT2D eigenvalue weighted by atomic mass is 10.1. The molecule has 1 fully saturated rings. The molecule has 3 N–H and O–H groups in total. The van der Waals surface area contributed by atoms with Crippen LogP contribution >= 0.6 is 11.3 Å². The number of amides is 1. The zero-order valence-corrected chi connectivity index (χ0v) is 11.5. The Balaban J connectivity index is 2.08. The minimum atomic E-state index is -0.237. The van der Waals surface area contributed by atoms with Crippen LogP contribution in [0.5, 0.6) is 0 Å². The van der Waals surface area contributed by atoms with Crippen LogP contribution in [-0.2, 0) is 0 Å². The number of nitrogens with one attached hydrogen (secondary N) is 1. The van der Waals surface area contributed by atoms with E-state index in [0.717, 1.165) is 29.1 Å². The van der Waals surface area contributed by atoms with Crippen LogP contribution in [0.25, 0.3) is 10.6 Å². The second-order valence-corrected chi connectivity index (χ2v) is 5.80. The third-order valence-electron chi connectivity index (χ3n) is 3.33. The van der Waals surface area contributed by atoms with Crippen LogP contribution in [0, 0.1) is 6.92 Å². The van der Waals surface area contributed by atoms with E-state index in [-0.39, 0.29) is 5.91 Å². The van der Waals surface area contributed by atoms with E-state index in [0.29, 0.717) is 10.8 Å². The summed E-state index contributed by atoms with van der Waals surface area (Å²) in [4.78, 5) is 17.2. The van der Waals surface area contributed by atoms with Gasteiger partial charge in [-0.15, -0.1) is 11.3 Å². The number of nitrogens with zero attached hydrogens (tertiary/aromatic N) is 1. The summed E-state index contributed by atoms with van der Waals surface area (Å²) < 4.78 is 0. The van der Waals surface area contributed by atoms with Crippen molar-refractivity contribution in [2.24, 2.45) is 5.84 Å². The van der Waals surface area contributed by atoms with E-state index >= 15 is 0 Å². The maximum absolute atomic E-state index is 11.8. The Morgan fingerprint density at radius 1 is 1.42 bits per heavy atom. The van der Waals surface area contributed by atoms with Crippen LogP contribution in [-0.4, -0.2) is 10.9 Å². The smallest absolute Gasteiger partial charge is 0.277 e. The number of benzene rings is 1. The van der Waals surface area contributed by atoms with Gasteiger partial charge in [0, 0.05) is 11.5 Å². The van der Waals surface area contributed by atoms with Gasteiger partial charge < -0.3 is 0 Å². The lowest BCUT2D eigenvalue weighted by Gasteiger charge is -2.00. The van der Waals surface area contributed by atoms with Crippen LogP contribution in [0.3, 0.4) is 0 Å². The van der Waals surface area contributed by atoms with Gasteiger partial charge in [-0.3, -0.25) is 10.2 Å². The number of thiazole rings is 1. The van der Waals surface area contributed by atoms with Crippen LogP contribution in [0.4, 0.5) is 0 Å². The Bertz CT molecular complexity index is 631. The Morgan fingerprint density at radius 2 is 2.16 bits per heavy atom. The fraction of sp³-hybridized carbons (Fsp3) is 0.286. The molecule has 1 aromatic heterocycles. The average Bonchev–Trinajstić information content (AvgIpc) is 3.18. The number of aryl methyl sites for hydroxylation is 1. The third-order valence-corrected chi connectivity index (χ3v) is 4.43. The molecule has 0 bridgehead atoms. The van der Waals surface area contributed by atoms with Gasteiger partial charge in [-0.05, 0) is 25.3 Å². The summed E-state index contributed by atoms with van der Waals surface area (Å²) >= 11 is 1.42. The monoisotopic (exact) mass is 273 g/mol. The quantitative estimate of drug-likeness (QED) is 0.513. The molecule has 1 aliphatic rings. The van der Waals surface area contributed by atoms with Crippen LogP contribution in [0.1, 0.15) is 39.7 Å². The van der Waals surface area contributed by atoms with Crippen LogP contribution < -0.4 is 11.3 Å². The largest absolute Gasteiger partial charge is 0.289 e. The molecule has 0 radical (unpaired) electrons. The van der Waals surface area contributed by atoms with Gasteiger partial charge in [0.2, 0.25) is 0 Å². The minimum absolute atomic E-state index is 0.237. The number of hydrogen-bond acceptors (Lipinski definition) is 4. The molecule has 1 aliphatic carbocycles. The van der Waals surface area contributed by atoms with Crippen LogP contribution in [0.2, 0.25) is 0 Å². The summed E-state index contributed by atoms with van der Waals surface area (Å²) in [6, 6.07) is 8.08. The molecular formula is C14H15N3OS. The summed E-state index contributed by atoms with van der Waals surface area (Å²) in [6.07, 6.45) is 2.23. The Kier molecular flexibility index (Phi) is 3.08. The molecule has 5 heteroatoms. The topological polar surface area (TPSA) is 68.0 Å². The van der Waals surface area contributed by atoms with E-state index in [1.54, 1.807) is 0 Å². The first-order valence-electron chi connectivity index (χ1n) is 6.28. The molecule has 98 valence electrons. The van der Waals surface area contributed by atoms with Gasteiger partial charge in [0.25, 0.3) is 5.91 Å². The Labute approximate surface area is 115 Å². The second kappa shape index (κ2) is 4.75. The molecule has 0 aliphatic heterocycles. The number of nitrogen functional groups attached to an aromatic ring is 1. The second-order valence-electron chi connectivity index (χ2n) is 4.80. The van der Waals surface area contributed by atoms with E-state index in [1.807, 2.05) is 18.2 Å². The molecule has 0 spiro atoms. The van der Waals surface area contributed by atoms with Gasteiger partial charge in [0.15, 0.2) is 0 Å². The first-order valence-corrected chi connectivity index (χ1v) is 7.10. The van der Waals surface area contributed by atoms with Crippen molar-refractivity contribution in [2.45, 2.75) is 25.7 Å². The molecule has 3 rings (SSSR count). The molecule has 1 amide bonds. The minimum Gasteiger partial charge on any atom is -0.289 e. The number of carbonyl (C=O) groups is 1.